The lowest BCUT2D eigenvalue weighted by Crippen LogP contribution is -2.53. The Hall–Kier alpha value is -3.62. The molecule has 20 heteroatoms. The summed E-state index contributed by atoms with van der Waals surface area (Å²) < 4.78 is 69.8. The average molecular weight is 1640 g/mol. The smallest absolute Gasteiger partial charge is 0.302 e. The van der Waals surface area contributed by atoms with Gasteiger partial charge in [-0.2, -0.15) is 0 Å². The molecular formula is C94H166N6O12S2. The topological polar surface area (TPSA) is 286 Å². The van der Waals surface area contributed by atoms with Gasteiger partial charge in [-0.1, -0.05) is 171 Å². The molecule has 18 nitrogen and oxygen atoms in total. The minimum atomic E-state index is -3.25. The average Bonchev–Trinajstić information content (AvgIpc) is 1.49. The molecule has 0 radical (unpaired) electrons. The second-order valence-electron chi connectivity index (χ2n) is 41.3. The van der Waals surface area contributed by atoms with Crippen molar-refractivity contribution in [3.05, 3.63) is 59.1 Å². The number of carbonyl (C=O) groups is 3. The summed E-state index contributed by atoms with van der Waals surface area (Å²) in [6.07, 6.45) is 33.2. The molecule has 12 rings (SSSR count). The Labute approximate surface area is 694 Å². The van der Waals surface area contributed by atoms with Crippen LogP contribution in [-0.2, 0) is 48.6 Å². The van der Waals surface area contributed by atoms with E-state index >= 15 is 0 Å². The van der Waals surface area contributed by atoms with Gasteiger partial charge in [-0.05, 0) is 328 Å². The van der Waals surface area contributed by atoms with Gasteiger partial charge in [0.1, 0.15) is 0 Å². The van der Waals surface area contributed by atoms with E-state index in [0.717, 1.165) is 109 Å². The van der Waals surface area contributed by atoms with Gasteiger partial charge in [-0.25, -0.2) is 26.3 Å². The number of nitrogens with two attached hydrogens (primary N) is 1. The lowest BCUT2D eigenvalue weighted by Gasteiger charge is -2.57. The first kappa shape index (κ1) is 99.2. The summed E-state index contributed by atoms with van der Waals surface area (Å²) in [6.45, 7) is 52.0. The molecule has 12 aliphatic rings. The Kier molecular flexibility index (Phi) is 34.4. The lowest BCUT2D eigenvalue weighted by molar-refractivity contribution is -0.148. The van der Waals surface area contributed by atoms with Crippen molar-refractivity contribution in [2.75, 3.05) is 65.1 Å². The van der Waals surface area contributed by atoms with Crippen LogP contribution in [0.5, 0.6) is 0 Å². The van der Waals surface area contributed by atoms with E-state index in [2.05, 4.69) is 122 Å². The molecule has 12 fully saturated rings. The van der Waals surface area contributed by atoms with Crippen LogP contribution in [0.25, 0.3) is 10.4 Å². The molecule has 0 saturated heterocycles. The minimum Gasteiger partial charge on any atom is -0.466 e. The predicted octanol–water partition coefficient (Wildman–Crippen LogP) is 20.4. The molecule has 12 aliphatic carbocycles. The first-order chi connectivity index (χ1) is 51.8. The normalized spacial score (nSPS) is 43.0. The van der Waals surface area contributed by atoms with Crippen LogP contribution in [0.3, 0.4) is 0 Å². The molecule has 656 valence electrons. The number of ether oxygens (including phenoxy) is 3. The number of esters is 3. The minimum absolute atomic E-state index is 0. The Morgan fingerprint density at radius 1 is 0.456 bits per heavy atom. The van der Waals surface area contributed by atoms with E-state index in [4.69, 9.17) is 25.5 Å². The number of hydrogen-bond donors (Lipinski definition) is 5. The monoisotopic (exact) mass is 1640 g/mol. The van der Waals surface area contributed by atoms with Gasteiger partial charge in [-0.15, -0.1) is 0 Å². The van der Waals surface area contributed by atoms with Gasteiger partial charge in [0.2, 0.25) is 20.0 Å². The number of aliphatic hydroxyl groups excluding tert-OH is 2. The van der Waals surface area contributed by atoms with Crippen molar-refractivity contribution in [3.8, 4) is 0 Å². The van der Waals surface area contributed by atoms with E-state index in [0.29, 0.717) is 140 Å². The second-order valence-corrected chi connectivity index (χ2v) is 44.9. The molecule has 12 saturated carbocycles. The predicted molar refractivity (Wildman–Crippen MR) is 466 cm³/mol. The number of nitrogens with one attached hydrogen (secondary N) is 2. The van der Waals surface area contributed by atoms with Gasteiger partial charge >= 0.3 is 17.9 Å². The highest BCUT2D eigenvalue weighted by Crippen LogP contribution is 2.69. The molecule has 0 aromatic rings. The quantitative estimate of drug-likeness (QED) is 0.0189. The lowest BCUT2D eigenvalue weighted by atomic mass is 9.49. The molecule has 114 heavy (non-hydrogen) atoms. The summed E-state index contributed by atoms with van der Waals surface area (Å²) in [5, 5.41) is 24.3. The number of fused-ring (bicyclic) bond motifs is 4. The summed E-state index contributed by atoms with van der Waals surface area (Å²) in [7, 11) is -6.49. The number of rotatable bonds is 20. The van der Waals surface area contributed by atoms with Crippen LogP contribution in [0, 0.1) is 156 Å². The number of sulfonamides is 2. The molecule has 6 N–H and O–H groups in total. The highest BCUT2D eigenvalue weighted by atomic mass is 32.2. The number of carbonyl (C=O) groups excluding carboxylic acids is 3. The number of allylic oxidation sites excluding steroid dienone is 4. The molecular weight excluding hydrogens is 1470 g/mol. The van der Waals surface area contributed by atoms with Crippen LogP contribution in [-0.4, -0.2) is 116 Å². The van der Waals surface area contributed by atoms with Gasteiger partial charge in [0.15, 0.2) is 0 Å². The van der Waals surface area contributed by atoms with Gasteiger partial charge in [0, 0.05) is 51.9 Å². The summed E-state index contributed by atoms with van der Waals surface area (Å²) in [4.78, 5) is 37.6. The molecule has 0 aromatic heterocycles. The molecule has 0 amide bonds. The Morgan fingerprint density at radius 3 is 1.03 bits per heavy atom. The Morgan fingerprint density at radius 2 is 0.737 bits per heavy atom. The van der Waals surface area contributed by atoms with E-state index in [1.807, 2.05) is 0 Å². The maximum Gasteiger partial charge on any atom is 0.302 e. The fraction of sp³-hybridized carbons (Fsp3) is 0.883. The fourth-order valence-electron chi connectivity index (χ4n) is 27.8. The number of azide groups is 1. The zero-order valence-electron chi connectivity index (χ0n) is 72.0. The molecule has 0 spiro atoms. The third kappa shape index (κ3) is 21.1. The zero-order valence-corrected chi connectivity index (χ0v) is 73.7. The highest BCUT2D eigenvalue weighted by molar-refractivity contribution is 7.89. The number of nitrogens with zero attached hydrogens (tertiary/aromatic N) is 3. The summed E-state index contributed by atoms with van der Waals surface area (Å²) >= 11 is 0. The molecule has 0 aliphatic heterocycles. The van der Waals surface area contributed by atoms with Crippen molar-refractivity contribution in [2.45, 2.75) is 305 Å². The van der Waals surface area contributed by atoms with E-state index in [1.165, 1.54) is 133 Å². The standard InChI is InChI=1S/C24H41NO4S.C23H37N3O2.C23H39NO2.C21H37NO4S.3CH4/c1-16-9-11-24(5,19(13-16)15-29-18(3)26)22-10-12-23(4)17(2)7-8-21(23)20(22)14-25-30(6,27)28;1-15-8-10-23(5,18(12-15)14-28-17(3)27)21-9-11-22(4)16(2)6-7-20(22)19(21)13-25-26-24;1-15-8-10-23(5,18(12-15)14-26-17(3)25)21-9-11-22(4)16(2)6-7-20(22)19(21)13-24;1-14-5-6-18-17(12-22-27(4,25)26)19(8-10-20(14,18)2)21(3)9-7-16(24)11-15(21)13-23;;;/h16,19-22,25H,2,7-15H2,1,3-6H3;15,18-21H,2,6-14H2,1,3-5H3;15,18-21H,2,6-14,24H2,1,3-5H3;15-19,22-24H,1,5-13H2,2-4H3;3*1H4/t16-,19+,20-,21?,22?,23+,24-;2*15-,18+,19-,20?,21?,22+,23-;15-,16+,17+,18?,19?,20-,21+;;;/m0001.../s1. The van der Waals surface area contributed by atoms with Crippen molar-refractivity contribution in [1.29, 1.82) is 0 Å². The Bertz CT molecular complexity index is 3600. The van der Waals surface area contributed by atoms with Crippen molar-refractivity contribution < 1.29 is 55.6 Å². The van der Waals surface area contributed by atoms with Crippen LogP contribution < -0.4 is 15.2 Å². The third-order valence-corrected chi connectivity index (χ3v) is 36.7. The Balaban J connectivity index is 0.000000235. The highest BCUT2D eigenvalue weighted by Gasteiger charge is 2.62. The maximum atomic E-state index is 12.0. The van der Waals surface area contributed by atoms with Crippen molar-refractivity contribution in [3.63, 3.8) is 0 Å². The summed E-state index contributed by atoms with van der Waals surface area (Å²) in [5.74, 6) is 8.26. The van der Waals surface area contributed by atoms with E-state index in [1.54, 1.807) is 0 Å². The van der Waals surface area contributed by atoms with Gasteiger partial charge in [0.05, 0.1) is 38.4 Å². The maximum absolute atomic E-state index is 12.0. The second kappa shape index (κ2) is 39.5. The summed E-state index contributed by atoms with van der Waals surface area (Å²) in [6, 6.07) is 0. The van der Waals surface area contributed by atoms with Crippen LogP contribution in [0.2, 0.25) is 0 Å². The fourth-order valence-corrected chi connectivity index (χ4v) is 28.8. The van der Waals surface area contributed by atoms with E-state index < -0.39 is 20.0 Å². The molecule has 0 bridgehead atoms. The van der Waals surface area contributed by atoms with Crippen molar-refractivity contribution in [1.82, 2.24) is 9.44 Å². The molecule has 0 heterocycles. The van der Waals surface area contributed by atoms with Gasteiger partial charge < -0.3 is 30.2 Å². The number of aliphatic hydroxyl groups is 2. The first-order valence-corrected chi connectivity index (χ1v) is 47.6. The zero-order chi connectivity index (χ0) is 82.0. The van der Waals surface area contributed by atoms with Crippen molar-refractivity contribution in [2.24, 2.45) is 167 Å². The first-order valence-electron chi connectivity index (χ1n) is 43.8. The summed E-state index contributed by atoms with van der Waals surface area (Å²) in [5.41, 5.74) is 22.0. The van der Waals surface area contributed by atoms with Crippen LogP contribution in [0.15, 0.2) is 53.7 Å². The van der Waals surface area contributed by atoms with Crippen LogP contribution in [0.4, 0.5) is 0 Å². The van der Waals surface area contributed by atoms with E-state index in [9.17, 15) is 41.4 Å². The molecule has 28 atom stereocenters. The SMILES string of the molecule is C.C.C.C=C1CCC2[C@H](CN)C([C@@]3(C)CC[C@H](C)C[C@@H]3COC(C)=O)CC[C@]12C.C=C1CCC2[C@H](CN=[N+]=[N-])C([C@@]3(C)CC[C@H](C)C[C@@H]3COC(C)=O)CC[C@]12C.C=C1CCC2[C@H](CNS(C)(=O)=O)C([C@@]3(C)CC[C@H](C)C[C@@H]3COC(C)=O)CC[C@]12C.C=C1CCC2[C@H](CNS(C)(=O)=O)C([C@@]3(C)CC[C@H](O)C[C@@H]3CO)CC[C@]12C. The largest absolute Gasteiger partial charge is 0.466 e. The third-order valence-electron chi connectivity index (χ3n) is 35.3. The van der Waals surface area contributed by atoms with Gasteiger partial charge in [0.25, 0.3) is 0 Å². The van der Waals surface area contributed by atoms with E-state index in [-0.39, 0.29) is 109 Å². The molecule has 0 aromatic carbocycles. The molecule has 8 unspecified atom stereocenters. The van der Waals surface area contributed by atoms with Crippen molar-refractivity contribution >= 4 is 38.0 Å². The number of hydrogen-bond acceptors (Lipinski definition) is 14. The van der Waals surface area contributed by atoms with Crippen LogP contribution in [0.1, 0.15) is 299 Å². The van der Waals surface area contributed by atoms with Crippen LogP contribution >= 0.6 is 0 Å². The van der Waals surface area contributed by atoms with Gasteiger partial charge in [-0.3, -0.25) is 14.4 Å².